The number of hydrogen-bond donors (Lipinski definition) is 1. The van der Waals surface area contributed by atoms with E-state index in [1.807, 2.05) is 47.1 Å². The number of rotatable bonds is 8. The highest BCUT2D eigenvalue weighted by molar-refractivity contribution is 5.83. The number of hydrogen-bond acceptors (Lipinski definition) is 5. The summed E-state index contributed by atoms with van der Waals surface area (Å²) >= 11 is 0. The molecule has 2 saturated heterocycles. The van der Waals surface area contributed by atoms with E-state index in [1.54, 1.807) is 18.3 Å². The summed E-state index contributed by atoms with van der Waals surface area (Å²) < 4.78 is 15.3. The highest BCUT2D eigenvalue weighted by Crippen LogP contribution is 2.41. The Hall–Kier alpha value is -3.65. The normalized spacial score (nSPS) is 22.2. The number of carbonyl (C=O) groups excluding carboxylic acids is 1. The van der Waals surface area contributed by atoms with Crippen LogP contribution in [0.2, 0.25) is 0 Å². The number of amides is 1. The third kappa shape index (κ3) is 4.98. The van der Waals surface area contributed by atoms with Gasteiger partial charge in [0.25, 0.3) is 0 Å². The van der Waals surface area contributed by atoms with E-state index in [1.165, 1.54) is 25.0 Å². The van der Waals surface area contributed by atoms with Gasteiger partial charge in [0.1, 0.15) is 11.3 Å². The van der Waals surface area contributed by atoms with E-state index >= 15 is 0 Å². The van der Waals surface area contributed by atoms with Gasteiger partial charge in [-0.2, -0.15) is 0 Å². The quantitative estimate of drug-likeness (QED) is 0.384. The minimum Gasteiger partial charge on any atom is -0.351 e. The van der Waals surface area contributed by atoms with Crippen molar-refractivity contribution in [2.45, 2.75) is 62.7 Å². The first-order valence-electron chi connectivity index (χ1n) is 13.1. The zero-order valence-corrected chi connectivity index (χ0v) is 20.7. The van der Waals surface area contributed by atoms with E-state index in [4.69, 9.17) is 0 Å². The van der Waals surface area contributed by atoms with Crippen LogP contribution in [0.3, 0.4) is 0 Å². The second kappa shape index (κ2) is 10.4. The lowest BCUT2D eigenvalue weighted by Crippen LogP contribution is -2.45. The van der Waals surface area contributed by atoms with Crippen LogP contribution >= 0.6 is 0 Å². The zero-order valence-electron chi connectivity index (χ0n) is 20.7. The highest BCUT2D eigenvalue weighted by atomic mass is 19.1. The van der Waals surface area contributed by atoms with Crippen LogP contribution in [0.5, 0.6) is 0 Å². The Morgan fingerprint density at radius 1 is 0.973 bits per heavy atom. The fraction of sp³-hybridized carbons (Fsp3) is 0.379. The van der Waals surface area contributed by atoms with Crippen LogP contribution in [0.4, 0.5) is 4.39 Å². The molecule has 6 rings (SSSR count). The van der Waals surface area contributed by atoms with Crippen LogP contribution in [0.25, 0.3) is 11.2 Å². The van der Waals surface area contributed by atoms with Gasteiger partial charge in [-0.05, 0) is 74.0 Å². The van der Waals surface area contributed by atoms with Crippen molar-refractivity contribution in [1.82, 2.24) is 30.2 Å². The monoisotopic (exact) mass is 498 g/mol. The van der Waals surface area contributed by atoms with Crippen LogP contribution in [-0.2, 0) is 11.3 Å². The van der Waals surface area contributed by atoms with Crippen molar-refractivity contribution in [1.29, 1.82) is 0 Å². The summed E-state index contributed by atoms with van der Waals surface area (Å²) in [6.45, 7) is 1.26. The molecule has 4 heterocycles. The number of fused-ring (bicyclic) bond motifs is 3. The van der Waals surface area contributed by atoms with E-state index < -0.39 is 0 Å². The van der Waals surface area contributed by atoms with Crippen molar-refractivity contribution in [2.75, 3.05) is 6.54 Å². The van der Waals surface area contributed by atoms with Gasteiger partial charge in [0, 0.05) is 24.8 Å². The lowest BCUT2D eigenvalue weighted by atomic mass is 9.92. The van der Waals surface area contributed by atoms with Gasteiger partial charge in [0.05, 0.1) is 12.0 Å². The fourth-order valence-electron chi connectivity index (χ4n) is 6.17. The minimum absolute atomic E-state index is 0.0120. The van der Waals surface area contributed by atoms with Crippen LogP contribution in [0.1, 0.15) is 55.2 Å². The molecule has 190 valence electrons. The summed E-state index contributed by atoms with van der Waals surface area (Å²) in [6, 6.07) is 21.4. The Morgan fingerprint density at radius 3 is 2.49 bits per heavy atom. The Morgan fingerprint density at radius 2 is 1.73 bits per heavy atom. The third-order valence-electron chi connectivity index (χ3n) is 8.01. The summed E-state index contributed by atoms with van der Waals surface area (Å²) in [4.78, 5) is 20.5. The van der Waals surface area contributed by atoms with Gasteiger partial charge in [-0.15, -0.1) is 5.10 Å². The largest absolute Gasteiger partial charge is 0.351 e. The molecule has 0 aliphatic carbocycles. The molecular weight excluding hydrogens is 467 g/mol. The van der Waals surface area contributed by atoms with Gasteiger partial charge < -0.3 is 5.32 Å². The number of halogens is 1. The maximum absolute atomic E-state index is 13.3. The van der Waals surface area contributed by atoms with Crippen molar-refractivity contribution in [3.8, 4) is 0 Å². The molecule has 2 aliphatic heterocycles. The topological polar surface area (TPSA) is 75.9 Å². The van der Waals surface area contributed by atoms with Gasteiger partial charge in [0.15, 0.2) is 5.65 Å². The van der Waals surface area contributed by atoms with Crippen molar-refractivity contribution < 1.29 is 9.18 Å². The summed E-state index contributed by atoms with van der Waals surface area (Å²) in [5, 5.41) is 11.8. The van der Waals surface area contributed by atoms with Crippen LogP contribution in [0, 0.1) is 5.82 Å². The molecule has 8 heteroatoms. The molecule has 0 radical (unpaired) electrons. The second-order valence-electron chi connectivity index (χ2n) is 10.2. The fourth-order valence-corrected chi connectivity index (χ4v) is 6.17. The molecule has 2 aromatic carbocycles. The molecule has 2 aromatic heterocycles. The molecule has 0 saturated carbocycles. The molecule has 2 aliphatic rings. The Labute approximate surface area is 215 Å². The molecule has 2 bridgehead atoms. The Balaban J connectivity index is 1.13. The molecule has 1 unspecified atom stereocenters. The second-order valence-corrected chi connectivity index (χ2v) is 10.2. The summed E-state index contributed by atoms with van der Waals surface area (Å²) in [6.07, 6.45) is 6.96. The Kier molecular flexibility index (Phi) is 6.66. The molecular formula is C29H31FN6O. The van der Waals surface area contributed by atoms with Crippen LogP contribution in [0.15, 0.2) is 72.9 Å². The number of piperidine rings is 1. The first kappa shape index (κ1) is 23.7. The summed E-state index contributed by atoms with van der Waals surface area (Å²) in [5.74, 6) is -0.496. The van der Waals surface area contributed by atoms with Gasteiger partial charge in [0.2, 0.25) is 5.91 Å². The van der Waals surface area contributed by atoms with Crippen LogP contribution < -0.4 is 5.32 Å². The van der Waals surface area contributed by atoms with Crippen LogP contribution in [-0.4, -0.2) is 49.4 Å². The number of carbonyl (C=O) groups is 1. The SMILES string of the molecule is O=C(NCc1ccc(F)cc1)[C@@H](CCN1[C@@H]2CC[C@H]1CC(n1nnc3cccnc31)C2)c1ccccc1. The van der Waals surface area contributed by atoms with E-state index in [2.05, 4.69) is 25.5 Å². The summed E-state index contributed by atoms with van der Waals surface area (Å²) in [7, 11) is 0. The number of pyridine rings is 1. The van der Waals surface area contributed by atoms with Crippen molar-refractivity contribution in [3.63, 3.8) is 0 Å². The van der Waals surface area contributed by atoms with Gasteiger partial charge in [-0.3, -0.25) is 9.69 Å². The van der Waals surface area contributed by atoms with Gasteiger partial charge in [-0.25, -0.2) is 14.1 Å². The number of benzene rings is 2. The smallest absolute Gasteiger partial charge is 0.227 e. The molecule has 1 N–H and O–H groups in total. The van der Waals surface area contributed by atoms with E-state index in [0.29, 0.717) is 24.7 Å². The number of nitrogens with zero attached hydrogens (tertiary/aromatic N) is 5. The van der Waals surface area contributed by atoms with Crippen molar-refractivity contribution in [3.05, 3.63) is 89.9 Å². The minimum atomic E-state index is -0.274. The predicted molar refractivity (Wildman–Crippen MR) is 139 cm³/mol. The molecule has 4 atom stereocenters. The first-order chi connectivity index (χ1) is 18.2. The lowest BCUT2D eigenvalue weighted by Gasteiger charge is -2.39. The number of aromatic nitrogens is 4. The van der Waals surface area contributed by atoms with E-state index in [-0.39, 0.29) is 17.6 Å². The molecule has 37 heavy (non-hydrogen) atoms. The average molecular weight is 499 g/mol. The lowest BCUT2D eigenvalue weighted by molar-refractivity contribution is -0.123. The van der Waals surface area contributed by atoms with E-state index in [0.717, 1.165) is 48.1 Å². The van der Waals surface area contributed by atoms with E-state index in [9.17, 15) is 9.18 Å². The molecule has 1 amide bonds. The summed E-state index contributed by atoms with van der Waals surface area (Å²) in [5.41, 5.74) is 3.62. The zero-order chi connectivity index (χ0) is 25.2. The number of nitrogens with one attached hydrogen (secondary N) is 1. The maximum Gasteiger partial charge on any atom is 0.227 e. The van der Waals surface area contributed by atoms with Crippen molar-refractivity contribution in [2.24, 2.45) is 0 Å². The standard InChI is InChI=1S/C29H31FN6O/c30-22-10-8-20(9-11-22)19-32-29(37)26(21-5-2-1-3-6-21)14-16-35-23-12-13-24(35)18-25(17-23)36-28-27(33-34-36)7-4-15-31-28/h1-11,15,23-26H,12-14,16-19H2,(H,32,37)/t23-,24+,25?,26-/m0/s1. The Bertz CT molecular complexity index is 1340. The first-order valence-corrected chi connectivity index (χ1v) is 13.1. The molecule has 7 nitrogen and oxygen atoms in total. The third-order valence-corrected chi connectivity index (χ3v) is 8.01. The average Bonchev–Trinajstić information content (AvgIpc) is 3.46. The van der Waals surface area contributed by atoms with Gasteiger partial charge >= 0.3 is 0 Å². The molecule has 2 fully saturated rings. The highest BCUT2D eigenvalue weighted by Gasteiger charge is 2.42. The molecule has 0 spiro atoms. The maximum atomic E-state index is 13.3. The molecule has 4 aromatic rings. The predicted octanol–water partition coefficient (Wildman–Crippen LogP) is 4.62. The van der Waals surface area contributed by atoms with Crippen molar-refractivity contribution >= 4 is 17.1 Å². The van der Waals surface area contributed by atoms with Gasteiger partial charge in [-0.1, -0.05) is 47.7 Å².